The van der Waals surface area contributed by atoms with Gasteiger partial charge in [0.2, 0.25) is 0 Å². The van der Waals surface area contributed by atoms with Crippen molar-refractivity contribution in [2.75, 3.05) is 0 Å². The van der Waals surface area contributed by atoms with Crippen LogP contribution in [0.15, 0.2) is 12.3 Å². The first-order valence-electron chi connectivity index (χ1n) is 2.66. The van der Waals surface area contributed by atoms with Gasteiger partial charge in [0.25, 0.3) is 0 Å². The van der Waals surface area contributed by atoms with Crippen molar-refractivity contribution in [2.45, 2.75) is 12.5 Å². The van der Waals surface area contributed by atoms with E-state index < -0.39 is 6.04 Å². The minimum absolute atomic E-state index is 0.187. The molecule has 1 rings (SSSR count). The summed E-state index contributed by atoms with van der Waals surface area (Å²) in [7, 11) is 0. The lowest BCUT2D eigenvalue weighted by atomic mass is 10.1. The van der Waals surface area contributed by atoms with E-state index in [-0.39, 0.29) is 5.91 Å². The van der Waals surface area contributed by atoms with Gasteiger partial charge in [-0.1, -0.05) is 6.08 Å². The maximum Gasteiger partial charge on any atom is 0.307 e. The zero-order valence-electron chi connectivity index (χ0n) is 4.79. The topological polar surface area (TPSA) is 33.5 Å². The van der Waals surface area contributed by atoms with E-state index in [1.54, 1.807) is 12.3 Å². The summed E-state index contributed by atoms with van der Waals surface area (Å²) in [6, 6.07) is -0.491. The number of carbonyl (C=O) groups excluding carboxylic acids is 1. The molecule has 0 bridgehead atoms. The third-order valence-electron chi connectivity index (χ3n) is 1.16. The monoisotopic (exact) mass is 122 g/mol. The summed E-state index contributed by atoms with van der Waals surface area (Å²) in [5, 5.41) is 2.45. The molecule has 0 aromatic heterocycles. The Labute approximate surface area is 53.2 Å². The van der Waals surface area contributed by atoms with Gasteiger partial charge in [0.05, 0.1) is 6.42 Å². The van der Waals surface area contributed by atoms with Gasteiger partial charge in [0.1, 0.15) is 0 Å². The van der Waals surface area contributed by atoms with Gasteiger partial charge >= 0.3 is 11.9 Å². The molecule has 1 amide bonds. The standard InChI is InChI=1S/C6H6N2O/c1-7-5-3-2-4-8-6(5)9/h2,4-5H,3H2,(H,8,9). The van der Waals surface area contributed by atoms with Gasteiger partial charge in [-0.15, -0.1) is 0 Å². The number of nitrogens with one attached hydrogen (secondary N) is 1. The Morgan fingerprint density at radius 1 is 1.89 bits per heavy atom. The summed E-state index contributed by atoms with van der Waals surface area (Å²) in [6.07, 6.45) is 3.91. The molecular weight excluding hydrogens is 116 g/mol. The normalized spacial score (nSPS) is 24.8. The maximum absolute atomic E-state index is 10.6. The molecule has 0 aromatic carbocycles. The molecule has 1 aliphatic rings. The van der Waals surface area contributed by atoms with Gasteiger partial charge in [-0.2, -0.15) is 0 Å². The van der Waals surface area contributed by atoms with E-state index in [4.69, 9.17) is 6.57 Å². The summed E-state index contributed by atoms with van der Waals surface area (Å²) in [4.78, 5) is 13.8. The first-order chi connectivity index (χ1) is 4.34. The lowest BCUT2D eigenvalue weighted by Gasteiger charge is -2.05. The molecule has 0 aliphatic carbocycles. The van der Waals surface area contributed by atoms with E-state index in [2.05, 4.69) is 10.2 Å². The Balaban J connectivity index is 2.67. The Hall–Kier alpha value is -1.30. The fourth-order valence-corrected chi connectivity index (χ4v) is 0.653. The van der Waals surface area contributed by atoms with Gasteiger partial charge in [-0.25, -0.2) is 6.57 Å². The number of hydrogen-bond acceptors (Lipinski definition) is 1. The molecule has 0 radical (unpaired) electrons. The van der Waals surface area contributed by atoms with Crippen molar-refractivity contribution in [3.05, 3.63) is 23.7 Å². The van der Waals surface area contributed by atoms with Crippen LogP contribution >= 0.6 is 0 Å². The van der Waals surface area contributed by atoms with E-state index >= 15 is 0 Å². The van der Waals surface area contributed by atoms with Gasteiger partial charge in [-0.05, 0) is 0 Å². The van der Waals surface area contributed by atoms with Gasteiger partial charge in [0.15, 0.2) is 0 Å². The Morgan fingerprint density at radius 3 is 3.11 bits per heavy atom. The van der Waals surface area contributed by atoms with Crippen molar-refractivity contribution in [2.24, 2.45) is 0 Å². The van der Waals surface area contributed by atoms with Crippen LogP contribution in [0.25, 0.3) is 4.85 Å². The van der Waals surface area contributed by atoms with Gasteiger partial charge in [0, 0.05) is 6.20 Å². The van der Waals surface area contributed by atoms with Crippen LogP contribution in [-0.4, -0.2) is 11.9 Å². The third-order valence-corrected chi connectivity index (χ3v) is 1.16. The van der Waals surface area contributed by atoms with Crippen molar-refractivity contribution >= 4 is 5.91 Å². The van der Waals surface area contributed by atoms with E-state index in [1.807, 2.05) is 0 Å². The molecule has 0 spiro atoms. The van der Waals surface area contributed by atoms with Crippen LogP contribution in [0.1, 0.15) is 6.42 Å². The molecule has 1 aliphatic heterocycles. The molecule has 1 N–H and O–H groups in total. The summed E-state index contributed by atoms with van der Waals surface area (Å²) in [5.41, 5.74) is 0. The van der Waals surface area contributed by atoms with Crippen molar-refractivity contribution < 1.29 is 4.79 Å². The molecule has 0 saturated heterocycles. The molecule has 1 atom stereocenters. The van der Waals surface area contributed by atoms with Gasteiger partial charge in [-0.3, -0.25) is 4.79 Å². The number of nitrogens with zero attached hydrogens (tertiary/aromatic N) is 1. The Morgan fingerprint density at radius 2 is 2.67 bits per heavy atom. The Kier molecular flexibility index (Phi) is 1.50. The molecule has 0 saturated carbocycles. The van der Waals surface area contributed by atoms with Crippen molar-refractivity contribution in [1.29, 1.82) is 0 Å². The minimum atomic E-state index is -0.491. The molecule has 0 fully saturated rings. The molecule has 3 nitrogen and oxygen atoms in total. The molecular formula is C6H6N2O. The number of rotatable bonds is 0. The van der Waals surface area contributed by atoms with Crippen LogP contribution in [0.2, 0.25) is 0 Å². The summed E-state index contributed by atoms with van der Waals surface area (Å²) in [5.74, 6) is -0.187. The average Bonchev–Trinajstić information content (AvgIpc) is 1.89. The molecule has 46 valence electrons. The third kappa shape index (κ3) is 1.08. The minimum Gasteiger partial charge on any atom is -0.326 e. The Bertz CT molecular complexity index is 190. The highest BCUT2D eigenvalue weighted by Crippen LogP contribution is 2.02. The van der Waals surface area contributed by atoms with Crippen molar-refractivity contribution in [3.63, 3.8) is 0 Å². The van der Waals surface area contributed by atoms with Crippen LogP contribution in [0.3, 0.4) is 0 Å². The van der Waals surface area contributed by atoms with Crippen molar-refractivity contribution in [3.8, 4) is 0 Å². The van der Waals surface area contributed by atoms with E-state index in [0.717, 1.165) is 0 Å². The van der Waals surface area contributed by atoms with Gasteiger partial charge < -0.3 is 10.2 Å². The summed E-state index contributed by atoms with van der Waals surface area (Å²) >= 11 is 0. The maximum atomic E-state index is 10.6. The highest BCUT2D eigenvalue weighted by Gasteiger charge is 2.22. The lowest BCUT2D eigenvalue weighted by Crippen LogP contribution is -2.31. The second-order valence-electron chi connectivity index (χ2n) is 1.79. The highest BCUT2D eigenvalue weighted by atomic mass is 16.2. The smallest absolute Gasteiger partial charge is 0.307 e. The number of hydrogen-bond donors (Lipinski definition) is 1. The van der Waals surface area contributed by atoms with Crippen LogP contribution in [0, 0.1) is 6.57 Å². The largest absolute Gasteiger partial charge is 0.326 e. The molecule has 0 aromatic rings. The predicted octanol–water partition coefficient (Wildman–Crippen LogP) is 0.308. The highest BCUT2D eigenvalue weighted by molar-refractivity contribution is 5.85. The van der Waals surface area contributed by atoms with Crippen LogP contribution in [-0.2, 0) is 4.79 Å². The summed E-state index contributed by atoms with van der Waals surface area (Å²) < 4.78 is 0. The number of amides is 1. The zero-order chi connectivity index (χ0) is 6.69. The van der Waals surface area contributed by atoms with Crippen LogP contribution in [0.4, 0.5) is 0 Å². The summed E-state index contributed by atoms with van der Waals surface area (Å²) in [6.45, 7) is 6.56. The van der Waals surface area contributed by atoms with Crippen molar-refractivity contribution in [1.82, 2.24) is 5.32 Å². The van der Waals surface area contributed by atoms with Crippen LogP contribution in [0.5, 0.6) is 0 Å². The first-order valence-corrected chi connectivity index (χ1v) is 2.66. The SMILES string of the molecule is [C-]#[N+]C1CC=CNC1=O. The fraction of sp³-hybridized carbons (Fsp3) is 0.333. The molecule has 9 heavy (non-hydrogen) atoms. The fourth-order valence-electron chi connectivity index (χ4n) is 0.653. The molecule has 1 heterocycles. The predicted molar refractivity (Wildman–Crippen MR) is 32.3 cm³/mol. The second-order valence-corrected chi connectivity index (χ2v) is 1.79. The van der Waals surface area contributed by atoms with E-state index in [1.165, 1.54) is 0 Å². The lowest BCUT2D eigenvalue weighted by molar-refractivity contribution is -0.120. The van der Waals surface area contributed by atoms with E-state index in [0.29, 0.717) is 6.42 Å². The average molecular weight is 122 g/mol. The second kappa shape index (κ2) is 2.31. The first kappa shape index (κ1) is 5.83. The van der Waals surface area contributed by atoms with E-state index in [9.17, 15) is 4.79 Å². The van der Waals surface area contributed by atoms with Crippen LogP contribution < -0.4 is 5.32 Å². The number of carbonyl (C=O) groups is 1. The quantitative estimate of drug-likeness (QED) is 0.461. The zero-order valence-corrected chi connectivity index (χ0v) is 4.79. The molecule has 3 heteroatoms. The molecule has 1 unspecified atom stereocenters.